The van der Waals surface area contributed by atoms with Gasteiger partial charge in [-0.05, 0) is 45.5 Å². The van der Waals surface area contributed by atoms with Gasteiger partial charge in [-0.25, -0.2) is 0 Å². The highest BCUT2D eigenvalue weighted by Crippen LogP contribution is 2.34. The SMILES string of the molecule is CCCOc1nc(NCC2(N(C)C)CCCC2)ccc1N. The highest BCUT2D eigenvalue weighted by atomic mass is 16.5. The van der Waals surface area contributed by atoms with E-state index in [0.717, 1.165) is 18.8 Å². The molecule has 3 N–H and O–H groups in total. The van der Waals surface area contributed by atoms with Crippen molar-refractivity contribution in [2.45, 2.75) is 44.6 Å². The van der Waals surface area contributed by atoms with Crippen LogP contribution < -0.4 is 15.8 Å². The van der Waals surface area contributed by atoms with E-state index in [2.05, 4.69) is 36.2 Å². The highest BCUT2D eigenvalue weighted by Gasteiger charge is 2.35. The Bertz CT molecular complexity index is 456. The van der Waals surface area contributed by atoms with Crippen LogP contribution >= 0.6 is 0 Å². The lowest BCUT2D eigenvalue weighted by molar-refractivity contribution is 0.172. The predicted molar refractivity (Wildman–Crippen MR) is 87.8 cm³/mol. The van der Waals surface area contributed by atoms with E-state index in [9.17, 15) is 0 Å². The molecule has 0 aliphatic heterocycles. The molecular weight excluding hydrogens is 264 g/mol. The van der Waals surface area contributed by atoms with E-state index >= 15 is 0 Å². The van der Waals surface area contributed by atoms with E-state index in [1.807, 2.05) is 12.1 Å². The van der Waals surface area contributed by atoms with Crippen molar-refractivity contribution in [1.82, 2.24) is 9.88 Å². The van der Waals surface area contributed by atoms with Crippen LogP contribution in [-0.4, -0.2) is 42.7 Å². The monoisotopic (exact) mass is 292 g/mol. The Hall–Kier alpha value is -1.49. The molecule has 1 aliphatic rings. The number of hydrogen-bond donors (Lipinski definition) is 2. The number of hydrogen-bond acceptors (Lipinski definition) is 5. The zero-order valence-corrected chi connectivity index (χ0v) is 13.5. The Balaban J connectivity index is 2.02. The van der Waals surface area contributed by atoms with E-state index in [1.165, 1.54) is 25.7 Å². The number of pyridine rings is 1. The topological polar surface area (TPSA) is 63.4 Å². The lowest BCUT2D eigenvalue weighted by Gasteiger charge is -2.36. The van der Waals surface area contributed by atoms with Crippen LogP contribution in [0.3, 0.4) is 0 Å². The van der Waals surface area contributed by atoms with Crippen LogP contribution in [0, 0.1) is 0 Å². The fourth-order valence-electron chi connectivity index (χ4n) is 2.93. The van der Waals surface area contributed by atoms with Crippen LogP contribution in [0.1, 0.15) is 39.0 Å². The summed E-state index contributed by atoms with van der Waals surface area (Å²) in [6.45, 7) is 3.62. The van der Waals surface area contributed by atoms with E-state index in [0.29, 0.717) is 18.2 Å². The molecule has 0 amide bonds. The molecule has 118 valence electrons. The Kier molecular flexibility index (Phi) is 5.28. The lowest BCUT2D eigenvalue weighted by atomic mass is 9.96. The Labute approximate surface area is 127 Å². The molecule has 5 heteroatoms. The second-order valence-electron chi connectivity index (χ2n) is 6.12. The standard InChI is InChI=1S/C16H28N4O/c1-4-11-21-15-13(17)7-8-14(19-15)18-12-16(20(2)3)9-5-6-10-16/h7-8H,4-6,9-12,17H2,1-3H3,(H,18,19). The van der Waals surface area contributed by atoms with Gasteiger partial charge < -0.3 is 20.7 Å². The van der Waals surface area contributed by atoms with Gasteiger partial charge in [-0.1, -0.05) is 19.8 Å². The van der Waals surface area contributed by atoms with Crippen molar-refractivity contribution in [3.05, 3.63) is 12.1 Å². The molecule has 1 aromatic heterocycles. The van der Waals surface area contributed by atoms with Crippen LogP contribution in [-0.2, 0) is 0 Å². The third-order valence-electron chi connectivity index (χ3n) is 4.41. The van der Waals surface area contributed by atoms with Gasteiger partial charge in [0, 0.05) is 12.1 Å². The molecule has 0 aromatic carbocycles. The molecule has 5 nitrogen and oxygen atoms in total. The minimum Gasteiger partial charge on any atom is -0.476 e. The average molecular weight is 292 g/mol. The smallest absolute Gasteiger partial charge is 0.239 e. The number of nitrogens with two attached hydrogens (primary N) is 1. The Morgan fingerprint density at radius 2 is 2.05 bits per heavy atom. The highest BCUT2D eigenvalue weighted by molar-refractivity contribution is 5.53. The van der Waals surface area contributed by atoms with Crippen molar-refractivity contribution in [3.8, 4) is 5.88 Å². The van der Waals surface area contributed by atoms with Gasteiger partial charge >= 0.3 is 0 Å². The normalized spacial score (nSPS) is 17.1. The first-order chi connectivity index (χ1) is 10.1. The van der Waals surface area contributed by atoms with E-state index < -0.39 is 0 Å². The number of nitrogens with one attached hydrogen (secondary N) is 1. The first-order valence-electron chi connectivity index (χ1n) is 7.88. The van der Waals surface area contributed by atoms with Gasteiger partial charge in [-0.2, -0.15) is 4.98 Å². The summed E-state index contributed by atoms with van der Waals surface area (Å²) in [7, 11) is 4.33. The number of rotatable bonds is 7. The zero-order chi connectivity index (χ0) is 15.3. The summed E-state index contributed by atoms with van der Waals surface area (Å²) in [6, 6.07) is 3.78. The van der Waals surface area contributed by atoms with Gasteiger partial charge in [0.1, 0.15) is 5.82 Å². The lowest BCUT2D eigenvalue weighted by Crippen LogP contribution is -2.47. The molecule has 21 heavy (non-hydrogen) atoms. The maximum absolute atomic E-state index is 5.90. The van der Waals surface area contributed by atoms with Crippen molar-refractivity contribution in [1.29, 1.82) is 0 Å². The summed E-state index contributed by atoms with van der Waals surface area (Å²) in [6.07, 6.45) is 6.03. The molecule has 0 spiro atoms. The number of likely N-dealkylation sites (N-methyl/N-ethyl adjacent to an activating group) is 1. The van der Waals surface area contributed by atoms with Crippen molar-refractivity contribution < 1.29 is 4.74 Å². The van der Waals surface area contributed by atoms with Crippen LogP contribution in [0.4, 0.5) is 11.5 Å². The van der Waals surface area contributed by atoms with E-state index in [1.54, 1.807) is 0 Å². The quantitative estimate of drug-likeness (QED) is 0.809. The molecule has 0 unspecified atom stereocenters. The summed E-state index contributed by atoms with van der Waals surface area (Å²) < 4.78 is 5.58. The van der Waals surface area contributed by atoms with Crippen LogP contribution in [0.15, 0.2) is 12.1 Å². The van der Waals surface area contributed by atoms with Crippen LogP contribution in [0.2, 0.25) is 0 Å². The number of nitrogens with zero attached hydrogens (tertiary/aromatic N) is 2. The van der Waals surface area contributed by atoms with Gasteiger partial charge in [-0.3, -0.25) is 0 Å². The predicted octanol–water partition coefficient (Wildman–Crippen LogP) is 2.74. The van der Waals surface area contributed by atoms with Crippen molar-refractivity contribution in [3.63, 3.8) is 0 Å². The van der Waals surface area contributed by atoms with Crippen molar-refractivity contribution in [2.24, 2.45) is 0 Å². The molecule has 0 saturated heterocycles. The van der Waals surface area contributed by atoms with E-state index in [-0.39, 0.29) is 5.54 Å². The summed E-state index contributed by atoms with van der Waals surface area (Å²) >= 11 is 0. The molecule has 1 heterocycles. The zero-order valence-electron chi connectivity index (χ0n) is 13.5. The number of ether oxygens (including phenoxy) is 1. The van der Waals surface area contributed by atoms with Gasteiger partial charge in [0.2, 0.25) is 5.88 Å². The Morgan fingerprint density at radius 3 is 2.67 bits per heavy atom. The molecule has 1 aliphatic carbocycles. The third kappa shape index (κ3) is 3.79. The number of nitrogen functional groups attached to an aromatic ring is 1. The second-order valence-corrected chi connectivity index (χ2v) is 6.12. The summed E-state index contributed by atoms with van der Waals surface area (Å²) in [5, 5.41) is 3.46. The maximum atomic E-state index is 5.90. The minimum absolute atomic E-state index is 0.244. The molecule has 0 atom stereocenters. The van der Waals surface area contributed by atoms with Crippen LogP contribution in [0.25, 0.3) is 0 Å². The van der Waals surface area contributed by atoms with E-state index in [4.69, 9.17) is 10.5 Å². The molecular formula is C16H28N4O. The van der Waals surface area contributed by atoms with Gasteiger partial charge in [0.15, 0.2) is 0 Å². The molecule has 1 aromatic rings. The van der Waals surface area contributed by atoms with Gasteiger partial charge in [-0.15, -0.1) is 0 Å². The fraction of sp³-hybridized carbons (Fsp3) is 0.688. The summed E-state index contributed by atoms with van der Waals surface area (Å²) in [5.74, 6) is 1.37. The fourth-order valence-corrected chi connectivity index (χ4v) is 2.93. The van der Waals surface area contributed by atoms with Crippen molar-refractivity contribution >= 4 is 11.5 Å². The maximum Gasteiger partial charge on any atom is 0.239 e. The molecule has 1 saturated carbocycles. The second kappa shape index (κ2) is 6.98. The van der Waals surface area contributed by atoms with Gasteiger partial charge in [0.25, 0.3) is 0 Å². The largest absolute Gasteiger partial charge is 0.476 e. The first-order valence-corrected chi connectivity index (χ1v) is 7.88. The average Bonchev–Trinajstić information content (AvgIpc) is 2.95. The summed E-state index contributed by atoms with van der Waals surface area (Å²) in [5.41, 5.74) is 6.74. The summed E-state index contributed by atoms with van der Waals surface area (Å²) in [4.78, 5) is 6.83. The number of anilines is 2. The molecule has 0 radical (unpaired) electrons. The Morgan fingerprint density at radius 1 is 1.33 bits per heavy atom. The minimum atomic E-state index is 0.244. The first kappa shape index (κ1) is 15.9. The molecule has 1 fully saturated rings. The third-order valence-corrected chi connectivity index (χ3v) is 4.41. The molecule has 2 rings (SSSR count). The van der Waals surface area contributed by atoms with Gasteiger partial charge in [0.05, 0.1) is 12.3 Å². The van der Waals surface area contributed by atoms with Crippen molar-refractivity contribution in [2.75, 3.05) is 38.3 Å². The molecule has 0 bridgehead atoms. The number of aromatic nitrogens is 1. The van der Waals surface area contributed by atoms with Crippen LogP contribution in [0.5, 0.6) is 5.88 Å².